The Morgan fingerprint density at radius 2 is 2.11 bits per heavy atom. The standard InChI is InChI=1S/C11H18N4O2S.ClH/c1-14-6-11(13-7-14)18(16,17)15-4-8-2-3-10(12)9(8)5-15;/h6-10H,2-5,12H2,1H3;1H. The lowest BCUT2D eigenvalue weighted by Crippen LogP contribution is -2.33. The number of aryl methyl sites for hydroxylation is 1. The average molecular weight is 307 g/mol. The molecule has 1 saturated heterocycles. The van der Waals surface area contributed by atoms with Crippen LogP contribution in [0, 0.1) is 11.8 Å². The molecule has 2 heterocycles. The number of halogens is 1. The highest BCUT2D eigenvalue weighted by molar-refractivity contribution is 7.89. The summed E-state index contributed by atoms with van der Waals surface area (Å²) in [6.07, 6.45) is 5.12. The first-order valence-corrected chi connectivity index (χ1v) is 7.66. The highest BCUT2D eigenvalue weighted by atomic mass is 35.5. The molecule has 2 aliphatic rings. The number of nitrogens with zero attached hydrogens (tertiary/aromatic N) is 3. The van der Waals surface area contributed by atoms with Crippen molar-refractivity contribution in [1.29, 1.82) is 0 Å². The Bertz CT molecular complexity index is 559. The van der Waals surface area contributed by atoms with Crippen molar-refractivity contribution in [2.75, 3.05) is 13.1 Å². The molecule has 6 nitrogen and oxygen atoms in total. The van der Waals surface area contributed by atoms with E-state index in [0.717, 1.165) is 12.8 Å². The normalized spacial score (nSPS) is 31.2. The minimum Gasteiger partial charge on any atom is -0.339 e. The van der Waals surface area contributed by atoms with Crippen LogP contribution in [-0.4, -0.2) is 41.4 Å². The maximum atomic E-state index is 12.4. The molecule has 8 heteroatoms. The fourth-order valence-electron chi connectivity index (χ4n) is 3.12. The Hall–Kier alpha value is -0.630. The molecule has 3 unspecified atom stereocenters. The maximum Gasteiger partial charge on any atom is 0.262 e. The van der Waals surface area contributed by atoms with Gasteiger partial charge in [0.15, 0.2) is 5.03 Å². The van der Waals surface area contributed by atoms with Gasteiger partial charge in [-0.3, -0.25) is 0 Å². The van der Waals surface area contributed by atoms with Crippen LogP contribution in [0.3, 0.4) is 0 Å². The van der Waals surface area contributed by atoms with Crippen molar-refractivity contribution in [3.05, 3.63) is 12.5 Å². The molecule has 0 spiro atoms. The highest BCUT2D eigenvalue weighted by Crippen LogP contribution is 2.38. The van der Waals surface area contributed by atoms with E-state index in [1.165, 1.54) is 6.33 Å². The zero-order valence-corrected chi connectivity index (χ0v) is 12.4. The summed E-state index contributed by atoms with van der Waals surface area (Å²) in [5.41, 5.74) is 6.03. The first kappa shape index (κ1) is 14.8. The fraction of sp³-hybridized carbons (Fsp3) is 0.727. The SMILES string of the molecule is Cl.Cn1cnc(S(=O)(=O)N2CC3CCC(N)C3C2)c1. The van der Waals surface area contributed by atoms with Gasteiger partial charge in [0.1, 0.15) is 0 Å². The number of fused-ring (bicyclic) bond motifs is 1. The average Bonchev–Trinajstić information content (AvgIpc) is 2.96. The Balaban J connectivity index is 0.00000133. The topological polar surface area (TPSA) is 81.2 Å². The molecule has 1 aromatic heterocycles. The van der Waals surface area contributed by atoms with Crippen molar-refractivity contribution in [2.45, 2.75) is 23.9 Å². The van der Waals surface area contributed by atoms with E-state index < -0.39 is 10.0 Å². The predicted octanol–water partition coefficient (Wildman–Crippen LogP) is 0.200. The summed E-state index contributed by atoms with van der Waals surface area (Å²) in [5, 5.41) is 0.138. The number of aromatic nitrogens is 2. The van der Waals surface area contributed by atoms with Crippen LogP contribution in [0.1, 0.15) is 12.8 Å². The minimum atomic E-state index is -3.44. The zero-order chi connectivity index (χ0) is 12.9. The van der Waals surface area contributed by atoms with Crippen molar-refractivity contribution in [3.8, 4) is 0 Å². The quantitative estimate of drug-likeness (QED) is 0.846. The minimum absolute atomic E-state index is 0. The van der Waals surface area contributed by atoms with Gasteiger partial charge in [0.2, 0.25) is 0 Å². The lowest BCUT2D eigenvalue weighted by Gasteiger charge is -2.17. The summed E-state index contributed by atoms with van der Waals surface area (Å²) in [6.45, 7) is 1.14. The van der Waals surface area contributed by atoms with Crippen molar-refractivity contribution < 1.29 is 8.42 Å². The van der Waals surface area contributed by atoms with Gasteiger partial charge in [0.05, 0.1) is 6.33 Å². The van der Waals surface area contributed by atoms with Crippen LogP contribution in [0.15, 0.2) is 17.6 Å². The summed E-state index contributed by atoms with van der Waals surface area (Å²) in [6, 6.07) is 0.152. The van der Waals surface area contributed by atoms with E-state index in [-0.39, 0.29) is 23.5 Å². The number of sulfonamides is 1. The molecule has 0 aromatic carbocycles. The first-order valence-electron chi connectivity index (χ1n) is 6.22. The number of nitrogens with two attached hydrogens (primary N) is 1. The van der Waals surface area contributed by atoms with E-state index in [9.17, 15) is 8.42 Å². The maximum absolute atomic E-state index is 12.4. The molecule has 2 N–H and O–H groups in total. The Morgan fingerprint density at radius 1 is 1.37 bits per heavy atom. The smallest absolute Gasteiger partial charge is 0.262 e. The Kier molecular flexibility index (Phi) is 3.92. The van der Waals surface area contributed by atoms with Crippen molar-refractivity contribution in [3.63, 3.8) is 0 Å². The molecule has 0 radical (unpaired) electrons. The molecule has 1 aliphatic heterocycles. The third-order valence-electron chi connectivity index (χ3n) is 4.16. The van der Waals surface area contributed by atoms with Gasteiger partial charge in [-0.05, 0) is 24.7 Å². The Morgan fingerprint density at radius 3 is 2.68 bits per heavy atom. The summed E-state index contributed by atoms with van der Waals surface area (Å²) in [5.74, 6) is 0.752. The first-order chi connectivity index (χ1) is 8.48. The van der Waals surface area contributed by atoms with Gasteiger partial charge in [0, 0.05) is 32.4 Å². The lowest BCUT2D eigenvalue weighted by atomic mass is 9.98. The van der Waals surface area contributed by atoms with Crippen LogP contribution in [0.25, 0.3) is 0 Å². The molecule has 2 fully saturated rings. The van der Waals surface area contributed by atoms with Crippen molar-refractivity contribution in [2.24, 2.45) is 24.6 Å². The van der Waals surface area contributed by atoms with Crippen LogP contribution in [0.5, 0.6) is 0 Å². The van der Waals surface area contributed by atoms with Crippen LogP contribution >= 0.6 is 12.4 Å². The summed E-state index contributed by atoms with van der Waals surface area (Å²) >= 11 is 0. The van der Waals surface area contributed by atoms with E-state index in [1.54, 1.807) is 22.1 Å². The van der Waals surface area contributed by atoms with Gasteiger partial charge in [-0.25, -0.2) is 13.4 Å². The summed E-state index contributed by atoms with van der Waals surface area (Å²) in [4.78, 5) is 3.95. The largest absolute Gasteiger partial charge is 0.339 e. The third kappa shape index (κ3) is 2.40. The molecule has 19 heavy (non-hydrogen) atoms. The third-order valence-corrected chi connectivity index (χ3v) is 5.88. The fourth-order valence-corrected chi connectivity index (χ4v) is 4.62. The van der Waals surface area contributed by atoms with Gasteiger partial charge in [-0.15, -0.1) is 12.4 Å². The second-order valence-corrected chi connectivity index (χ2v) is 7.25. The predicted molar refractivity (Wildman–Crippen MR) is 73.4 cm³/mol. The molecular weight excluding hydrogens is 288 g/mol. The number of hydrogen-bond donors (Lipinski definition) is 1. The van der Waals surface area contributed by atoms with Gasteiger partial charge in [-0.2, -0.15) is 4.31 Å². The number of rotatable bonds is 2. The summed E-state index contributed by atoms with van der Waals surface area (Å²) < 4.78 is 28.0. The van der Waals surface area contributed by atoms with Crippen LogP contribution < -0.4 is 5.73 Å². The van der Waals surface area contributed by atoms with E-state index in [2.05, 4.69) is 4.98 Å². The van der Waals surface area contributed by atoms with Gasteiger partial charge in [0.25, 0.3) is 10.0 Å². The van der Waals surface area contributed by atoms with Gasteiger partial charge in [-0.1, -0.05) is 0 Å². The molecule has 108 valence electrons. The van der Waals surface area contributed by atoms with Crippen LogP contribution in [0.2, 0.25) is 0 Å². The zero-order valence-electron chi connectivity index (χ0n) is 10.8. The molecule has 0 amide bonds. The molecular formula is C11H19ClN4O2S. The molecule has 1 aliphatic carbocycles. The molecule has 3 rings (SSSR count). The van der Waals surface area contributed by atoms with E-state index in [4.69, 9.17) is 5.73 Å². The van der Waals surface area contributed by atoms with E-state index in [1.807, 2.05) is 0 Å². The second kappa shape index (κ2) is 5.05. The van der Waals surface area contributed by atoms with Gasteiger partial charge < -0.3 is 10.3 Å². The van der Waals surface area contributed by atoms with Gasteiger partial charge >= 0.3 is 0 Å². The second-order valence-electron chi connectivity index (χ2n) is 5.36. The number of imidazole rings is 1. The lowest BCUT2D eigenvalue weighted by molar-refractivity contribution is 0.426. The van der Waals surface area contributed by atoms with Crippen molar-refractivity contribution >= 4 is 22.4 Å². The summed E-state index contributed by atoms with van der Waals surface area (Å²) in [7, 11) is -1.67. The monoisotopic (exact) mass is 306 g/mol. The number of hydrogen-bond acceptors (Lipinski definition) is 4. The molecule has 0 bridgehead atoms. The molecule has 1 saturated carbocycles. The molecule has 3 atom stereocenters. The molecule has 1 aromatic rings. The van der Waals surface area contributed by atoms with Crippen molar-refractivity contribution in [1.82, 2.24) is 13.9 Å². The van der Waals surface area contributed by atoms with Crippen LogP contribution in [0.4, 0.5) is 0 Å². The van der Waals surface area contributed by atoms with E-state index >= 15 is 0 Å². The Labute approximate surface area is 119 Å². The van der Waals surface area contributed by atoms with E-state index in [0.29, 0.717) is 24.9 Å². The highest BCUT2D eigenvalue weighted by Gasteiger charge is 2.45. The van der Waals surface area contributed by atoms with Crippen LogP contribution in [-0.2, 0) is 17.1 Å².